The van der Waals surface area contributed by atoms with Gasteiger partial charge in [-0.15, -0.1) is 0 Å². The van der Waals surface area contributed by atoms with Crippen LogP contribution in [0.25, 0.3) is 0 Å². The normalized spacial score (nSPS) is 13.1. The number of carbonyl (C=O) groups is 2. The van der Waals surface area contributed by atoms with Crippen LogP contribution in [0.4, 0.5) is 0 Å². The van der Waals surface area contributed by atoms with Crippen molar-refractivity contribution in [2.24, 2.45) is 0 Å². The predicted molar refractivity (Wildman–Crippen MR) is 88.5 cm³/mol. The van der Waals surface area contributed by atoms with E-state index in [1.165, 1.54) is 12.1 Å². The van der Waals surface area contributed by atoms with Gasteiger partial charge in [-0.2, -0.15) is 0 Å². The fraction of sp³-hybridized carbons (Fsp3) is 0. The summed E-state index contributed by atoms with van der Waals surface area (Å²) < 4.78 is 1.00. The van der Waals surface area contributed by atoms with Gasteiger partial charge in [0.2, 0.25) is 0 Å². The topological polar surface area (TPSA) is 74.6 Å². The van der Waals surface area contributed by atoms with E-state index in [1.807, 2.05) is 45.2 Å². The van der Waals surface area contributed by atoms with Crippen molar-refractivity contribution in [3.8, 4) is 11.5 Å². The van der Waals surface area contributed by atoms with Crippen molar-refractivity contribution in [2.45, 2.75) is 0 Å². The number of aromatic hydroxyl groups is 2. The Morgan fingerprint density at radius 2 is 1.05 bits per heavy atom. The number of halogens is 2. The third-order valence-electron chi connectivity index (χ3n) is 3.20. The van der Waals surface area contributed by atoms with Gasteiger partial charge in [-0.1, -0.05) is 0 Å². The van der Waals surface area contributed by atoms with Crippen LogP contribution in [-0.4, -0.2) is 21.8 Å². The average Bonchev–Trinajstić information content (AvgIpc) is 2.42. The van der Waals surface area contributed by atoms with Crippen LogP contribution in [0, 0.1) is 7.14 Å². The minimum atomic E-state index is -0.447. The molecule has 0 aromatic heterocycles. The van der Waals surface area contributed by atoms with Gasteiger partial charge in [0.05, 0.1) is 18.3 Å². The lowest BCUT2D eigenvalue weighted by Gasteiger charge is -2.20. The Morgan fingerprint density at radius 3 is 1.40 bits per heavy atom. The minimum Gasteiger partial charge on any atom is -0.506 e. The monoisotopic (exact) mass is 492 g/mol. The van der Waals surface area contributed by atoms with Gasteiger partial charge in [0.15, 0.2) is 11.6 Å². The van der Waals surface area contributed by atoms with Gasteiger partial charge in [-0.25, -0.2) is 0 Å². The van der Waals surface area contributed by atoms with Crippen LogP contribution in [-0.2, 0) is 0 Å². The fourth-order valence-electron chi connectivity index (χ4n) is 2.24. The van der Waals surface area contributed by atoms with E-state index in [0.29, 0.717) is 7.14 Å². The number of fused-ring (bicyclic) bond motifs is 2. The first-order valence-electron chi connectivity index (χ1n) is 5.55. The Labute approximate surface area is 141 Å². The maximum Gasteiger partial charge on any atom is 0.198 e. The van der Waals surface area contributed by atoms with E-state index in [4.69, 9.17) is 0 Å². The minimum absolute atomic E-state index is 0.00927. The van der Waals surface area contributed by atoms with E-state index in [1.54, 1.807) is 12.1 Å². The van der Waals surface area contributed by atoms with Gasteiger partial charge in [0.25, 0.3) is 0 Å². The smallest absolute Gasteiger partial charge is 0.198 e. The summed E-state index contributed by atoms with van der Waals surface area (Å²) in [4.78, 5) is 24.9. The first kappa shape index (κ1) is 13.8. The van der Waals surface area contributed by atoms with Gasteiger partial charge in [0.1, 0.15) is 11.5 Å². The van der Waals surface area contributed by atoms with Crippen molar-refractivity contribution in [1.29, 1.82) is 0 Å². The van der Waals surface area contributed by atoms with E-state index in [2.05, 4.69) is 0 Å². The molecule has 0 radical (unpaired) electrons. The number of benzene rings is 2. The molecule has 1 aliphatic rings. The van der Waals surface area contributed by atoms with Crippen molar-refractivity contribution in [1.82, 2.24) is 0 Å². The molecule has 2 aromatic rings. The summed E-state index contributed by atoms with van der Waals surface area (Å²) >= 11 is 3.79. The Bertz CT molecular complexity index is 729. The molecule has 0 amide bonds. The highest BCUT2D eigenvalue weighted by Crippen LogP contribution is 2.39. The highest BCUT2D eigenvalue weighted by molar-refractivity contribution is 14.1. The van der Waals surface area contributed by atoms with Crippen molar-refractivity contribution < 1.29 is 19.8 Å². The van der Waals surface area contributed by atoms with E-state index in [9.17, 15) is 19.8 Å². The molecule has 2 N–H and O–H groups in total. The number of carbonyl (C=O) groups excluding carboxylic acids is 2. The largest absolute Gasteiger partial charge is 0.506 e. The van der Waals surface area contributed by atoms with Gasteiger partial charge < -0.3 is 10.2 Å². The van der Waals surface area contributed by atoms with Crippen LogP contribution in [0.3, 0.4) is 0 Å². The number of hydrogen-bond donors (Lipinski definition) is 2. The fourth-order valence-corrected chi connectivity index (χ4v) is 3.14. The second-order valence-corrected chi connectivity index (χ2v) is 6.62. The van der Waals surface area contributed by atoms with Crippen LogP contribution in [0.2, 0.25) is 0 Å². The molecule has 6 heteroatoms. The number of phenols is 2. The summed E-state index contributed by atoms with van der Waals surface area (Å²) in [7, 11) is 0. The first-order valence-corrected chi connectivity index (χ1v) is 7.71. The van der Waals surface area contributed by atoms with Crippen molar-refractivity contribution in [3.63, 3.8) is 0 Å². The highest BCUT2D eigenvalue weighted by atomic mass is 127. The molecular weight excluding hydrogens is 486 g/mol. The molecule has 0 saturated heterocycles. The SMILES string of the molecule is O=C1c2ccc(I)c(O)c2C(=O)c2ccc(I)c(O)c21. The summed E-state index contributed by atoms with van der Waals surface area (Å²) in [6, 6.07) is 6.13. The summed E-state index contributed by atoms with van der Waals surface area (Å²) in [5.41, 5.74) is 0.264. The number of rotatable bonds is 0. The molecule has 0 saturated carbocycles. The van der Waals surface area contributed by atoms with Gasteiger partial charge in [0, 0.05) is 11.1 Å². The first-order chi connectivity index (χ1) is 9.43. The van der Waals surface area contributed by atoms with Crippen LogP contribution >= 0.6 is 45.2 Å². The number of phenolic OH excluding ortho intramolecular Hbond substituents is 2. The van der Waals surface area contributed by atoms with Gasteiger partial charge in [-0.05, 0) is 69.4 Å². The second kappa shape index (κ2) is 4.69. The number of ketones is 2. The maximum absolute atomic E-state index is 12.5. The van der Waals surface area contributed by atoms with Crippen LogP contribution in [0.5, 0.6) is 11.5 Å². The third kappa shape index (κ3) is 1.77. The third-order valence-corrected chi connectivity index (χ3v) is 4.94. The molecule has 0 bridgehead atoms. The lowest BCUT2D eigenvalue weighted by Crippen LogP contribution is -2.21. The van der Waals surface area contributed by atoms with E-state index >= 15 is 0 Å². The molecule has 4 nitrogen and oxygen atoms in total. The van der Waals surface area contributed by atoms with E-state index in [-0.39, 0.29) is 33.8 Å². The number of hydrogen-bond acceptors (Lipinski definition) is 4. The van der Waals surface area contributed by atoms with Gasteiger partial charge in [-0.3, -0.25) is 9.59 Å². The zero-order chi connectivity index (χ0) is 14.6. The average molecular weight is 492 g/mol. The molecule has 0 fully saturated rings. The Balaban J connectivity index is 2.40. The van der Waals surface area contributed by atoms with Crippen molar-refractivity contribution in [2.75, 3.05) is 0 Å². The summed E-state index contributed by atoms with van der Waals surface area (Å²) in [6.45, 7) is 0. The van der Waals surface area contributed by atoms with Crippen LogP contribution in [0.15, 0.2) is 24.3 Å². The second-order valence-electron chi connectivity index (χ2n) is 4.30. The molecule has 100 valence electrons. The quantitative estimate of drug-likeness (QED) is 0.474. The summed E-state index contributed by atoms with van der Waals surface area (Å²) in [6.07, 6.45) is 0. The molecule has 0 atom stereocenters. The van der Waals surface area contributed by atoms with Crippen LogP contribution in [0.1, 0.15) is 31.8 Å². The van der Waals surface area contributed by atoms with Gasteiger partial charge >= 0.3 is 0 Å². The Hall–Kier alpha value is -1.16. The van der Waals surface area contributed by atoms with E-state index < -0.39 is 11.6 Å². The molecular formula is C14H6I2O4. The molecule has 0 unspecified atom stereocenters. The standard InChI is InChI=1S/C14H6I2O4/c15-7-3-1-5-9(13(7)19)12(18)6-2-4-8(16)14(20)10(6)11(5)17/h1-4,19-20H. The zero-order valence-corrected chi connectivity index (χ0v) is 14.1. The molecule has 1 aliphatic carbocycles. The maximum atomic E-state index is 12.5. The molecule has 20 heavy (non-hydrogen) atoms. The summed E-state index contributed by atoms with van der Waals surface area (Å²) in [5.74, 6) is -1.27. The highest BCUT2D eigenvalue weighted by Gasteiger charge is 2.35. The summed E-state index contributed by atoms with van der Waals surface area (Å²) in [5, 5.41) is 20.1. The predicted octanol–water partition coefficient (Wildman–Crippen LogP) is 3.08. The molecule has 2 aromatic carbocycles. The molecule has 0 heterocycles. The molecule has 3 rings (SSSR count). The van der Waals surface area contributed by atoms with E-state index in [0.717, 1.165) is 0 Å². The lowest BCUT2D eigenvalue weighted by molar-refractivity contribution is 0.0974. The molecule has 0 aliphatic heterocycles. The van der Waals surface area contributed by atoms with Crippen molar-refractivity contribution in [3.05, 3.63) is 53.7 Å². The van der Waals surface area contributed by atoms with Crippen molar-refractivity contribution >= 4 is 56.7 Å². The van der Waals surface area contributed by atoms with Crippen LogP contribution < -0.4 is 0 Å². The Kier molecular flexibility index (Phi) is 3.24. The lowest BCUT2D eigenvalue weighted by atomic mass is 9.83. The zero-order valence-electron chi connectivity index (χ0n) is 9.78. The Morgan fingerprint density at radius 1 is 0.700 bits per heavy atom. The molecule has 0 spiro atoms.